The number of rotatable bonds is 10. The van der Waals surface area contributed by atoms with Crippen LogP contribution in [0.4, 0.5) is 21.9 Å². The molecule has 0 saturated heterocycles. The number of nitrogens with zero attached hydrogens (tertiary/aromatic N) is 1. The number of para-hydroxylation sites is 2. The molecule has 2 amide bonds. The van der Waals surface area contributed by atoms with E-state index in [-0.39, 0.29) is 11.7 Å². The maximum Gasteiger partial charge on any atom is 0.412 e. The number of nitrogen functional groups attached to an aromatic ring is 1. The molecule has 0 aliphatic carbocycles. The minimum absolute atomic E-state index is 0.0714. The number of phenolic OH excluding ortho intramolecular Hbond substituents is 1. The molecule has 190 valence electrons. The van der Waals surface area contributed by atoms with Crippen molar-refractivity contribution in [1.29, 1.82) is 5.26 Å². The fourth-order valence-corrected chi connectivity index (χ4v) is 3.50. The molecule has 0 heterocycles. The maximum absolute atomic E-state index is 12.6. The fourth-order valence-electron chi connectivity index (χ4n) is 3.50. The van der Waals surface area contributed by atoms with Crippen LogP contribution in [0.3, 0.4) is 0 Å². The average Bonchev–Trinajstić information content (AvgIpc) is 2.89. The van der Waals surface area contributed by atoms with Crippen LogP contribution in [0, 0.1) is 11.3 Å². The lowest BCUT2D eigenvalue weighted by molar-refractivity contribution is -0.111. The van der Waals surface area contributed by atoms with Crippen LogP contribution in [-0.2, 0) is 9.53 Å². The van der Waals surface area contributed by atoms with Gasteiger partial charge >= 0.3 is 6.09 Å². The van der Waals surface area contributed by atoms with E-state index in [1.807, 2.05) is 6.07 Å². The number of anilines is 3. The second-order valence-electron chi connectivity index (χ2n) is 8.05. The third-order valence-corrected chi connectivity index (χ3v) is 5.41. The van der Waals surface area contributed by atoms with E-state index in [1.54, 1.807) is 66.7 Å². The van der Waals surface area contributed by atoms with Gasteiger partial charge in [0.05, 0.1) is 30.1 Å². The Bertz CT molecular complexity index is 1300. The fraction of sp³-hybridized carbons (Fsp3) is 0.179. The van der Waals surface area contributed by atoms with Gasteiger partial charge in [0.25, 0.3) is 0 Å². The highest BCUT2D eigenvalue weighted by Gasteiger charge is 2.18. The van der Waals surface area contributed by atoms with Crippen LogP contribution in [-0.4, -0.2) is 24.2 Å². The molecule has 37 heavy (non-hydrogen) atoms. The summed E-state index contributed by atoms with van der Waals surface area (Å²) in [5, 5.41) is 24.5. The van der Waals surface area contributed by atoms with E-state index in [1.165, 1.54) is 19.3 Å². The van der Waals surface area contributed by atoms with E-state index in [9.17, 15) is 14.7 Å². The van der Waals surface area contributed by atoms with Gasteiger partial charge in [-0.2, -0.15) is 5.26 Å². The Hall–Kier alpha value is -4.97. The number of carbonyl (C=O) groups excluding carboxylic acids is 2. The highest BCUT2D eigenvalue weighted by atomic mass is 16.6. The van der Waals surface area contributed by atoms with Crippen LogP contribution in [0.1, 0.15) is 36.5 Å². The number of nitrogens with one attached hydrogen (secondary N) is 2. The Morgan fingerprint density at radius 3 is 2.54 bits per heavy atom. The summed E-state index contributed by atoms with van der Waals surface area (Å²) in [6.45, 7) is 0. The molecule has 0 bridgehead atoms. The molecule has 1 atom stereocenters. The lowest BCUT2D eigenvalue weighted by Gasteiger charge is -2.19. The van der Waals surface area contributed by atoms with E-state index in [2.05, 4.69) is 10.6 Å². The summed E-state index contributed by atoms with van der Waals surface area (Å²) in [5.41, 5.74) is 8.40. The van der Waals surface area contributed by atoms with Gasteiger partial charge in [0, 0.05) is 5.69 Å². The van der Waals surface area contributed by atoms with Gasteiger partial charge in [-0.1, -0.05) is 24.3 Å². The normalized spacial score (nSPS) is 11.4. The number of hydrogen-bond acceptors (Lipinski definition) is 7. The van der Waals surface area contributed by atoms with Crippen molar-refractivity contribution >= 4 is 29.1 Å². The number of allylic oxidation sites excluding steroid dienone is 1. The lowest BCUT2D eigenvalue weighted by Crippen LogP contribution is -2.17. The molecule has 0 saturated carbocycles. The Labute approximate surface area is 215 Å². The first-order valence-electron chi connectivity index (χ1n) is 11.6. The Kier molecular flexibility index (Phi) is 9.51. The molecule has 3 aromatic rings. The minimum atomic E-state index is -0.680. The highest BCUT2D eigenvalue weighted by Crippen LogP contribution is 2.32. The van der Waals surface area contributed by atoms with E-state index in [0.717, 1.165) is 0 Å². The Balaban J connectivity index is 1.60. The number of nitrogens with two attached hydrogens (primary N) is 1. The van der Waals surface area contributed by atoms with Crippen LogP contribution in [0.25, 0.3) is 0 Å². The van der Waals surface area contributed by atoms with Crippen molar-refractivity contribution < 1.29 is 24.2 Å². The predicted molar refractivity (Wildman–Crippen MR) is 141 cm³/mol. The molecule has 0 spiro atoms. The van der Waals surface area contributed by atoms with E-state index >= 15 is 0 Å². The summed E-state index contributed by atoms with van der Waals surface area (Å²) in [4.78, 5) is 24.7. The summed E-state index contributed by atoms with van der Waals surface area (Å²) in [6, 6.07) is 20.2. The third-order valence-electron chi connectivity index (χ3n) is 5.41. The number of benzene rings is 3. The number of unbranched alkanes of at least 4 members (excludes halogenated alkanes) is 1. The molecule has 0 unspecified atom stereocenters. The molecule has 3 aromatic carbocycles. The molecule has 0 aliphatic heterocycles. The molecule has 0 radical (unpaired) electrons. The van der Waals surface area contributed by atoms with Crippen LogP contribution in [0.5, 0.6) is 11.5 Å². The van der Waals surface area contributed by atoms with Crippen molar-refractivity contribution in [3.63, 3.8) is 0 Å². The zero-order valence-corrected chi connectivity index (χ0v) is 20.3. The molecular formula is C28H28N4O5. The smallest absolute Gasteiger partial charge is 0.412 e. The number of ether oxygens (including phenoxy) is 2. The largest absolute Gasteiger partial charge is 0.504 e. The number of methoxy groups -OCH3 is 1. The number of hydrogen-bond donors (Lipinski definition) is 4. The second kappa shape index (κ2) is 13.2. The van der Waals surface area contributed by atoms with Crippen molar-refractivity contribution in [3.05, 3.63) is 90.0 Å². The van der Waals surface area contributed by atoms with Crippen molar-refractivity contribution in [3.8, 4) is 17.6 Å². The first kappa shape index (κ1) is 26.6. The Morgan fingerprint density at radius 2 is 1.86 bits per heavy atom. The van der Waals surface area contributed by atoms with Crippen LogP contribution in [0.2, 0.25) is 0 Å². The number of amides is 2. The van der Waals surface area contributed by atoms with Gasteiger partial charge in [0.2, 0.25) is 5.91 Å². The summed E-state index contributed by atoms with van der Waals surface area (Å²) in [6.07, 6.45) is 3.40. The van der Waals surface area contributed by atoms with Gasteiger partial charge in [0.1, 0.15) is 6.10 Å². The van der Waals surface area contributed by atoms with Crippen molar-refractivity contribution in [2.24, 2.45) is 0 Å². The molecular weight excluding hydrogens is 472 g/mol. The summed E-state index contributed by atoms with van der Waals surface area (Å²) in [7, 11) is 1.45. The van der Waals surface area contributed by atoms with Gasteiger partial charge in [0.15, 0.2) is 11.5 Å². The van der Waals surface area contributed by atoms with Crippen LogP contribution >= 0.6 is 0 Å². The zero-order chi connectivity index (χ0) is 26.6. The van der Waals surface area contributed by atoms with Crippen molar-refractivity contribution in [1.82, 2.24) is 0 Å². The standard InChI is InChI=1S/C28H28N4O5/c1-36-26-16-13-20(17-24(26)33)25(37-28(35)31-21-14-11-19(18-29)12-15-21)9-3-2-4-10-27(34)32-23-8-6-5-7-22(23)30/h4-8,10-17,25,33H,2-3,9,30H2,1H3,(H,31,35)(H,32,34)/b10-4+/t25-/m1/s1. The van der Waals surface area contributed by atoms with Crippen molar-refractivity contribution in [2.45, 2.75) is 25.4 Å². The number of aromatic hydroxyl groups is 1. The van der Waals surface area contributed by atoms with E-state index in [0.29, 0.717) is 53.2 Å². The number of phenols is 1. The van der Waals surface area contributed by atoms with E-state index < -0.39 is 12.2 Å². The molecule has 0 aromatic heterocycles. The highest BCUT2D eigenvalue weighted by molar-refractivity contribution is 6.01. The zero-order valence-electron chi connectivity index (χ0n) is 20.3. The molecule has 0 aliphatic rings. The van der Waals surface area contributed by atoms with Gasteiger partial charge in [-0.25, -0.2) is 4.79 Å². The van der Waals surface area contributed by atoms with Gasteiger partial charge in [-0.15, -0.1) is 0 Å². The molecule has 0 fully saturated rings. The van der Waals surface area contributed by atoms with Crippen molar-refractivity contribution in [2.75, 3.05) is 23.5 Å². The van der Waals surface area contributed by atoms with Crippen LogP contribution < -0.4 is 21.1 Å². The number of carbonyl (C=O) groups is 2. The third kappa shape index (κ3) is 8.04. The van der Waals surface area contributed by atoms with Crippen LogP contribution in [0.15, 0.2) is 78.9 Å². The first-order valence-corrected chi connectivity index (χ1v) is 11.6. The lowest BCUT2D eigenvalue weighted by atomic mass is 10.0. The number of nitriles is 1. The predicted octanol–water partition coefficient (Wildman–Crippen LogP) is 5.51. The minimum Gasteiger partial charge on any atom is -0.504 e. The monoisotopic (exact) mass is 500 g/mol. The Morgan fingerprint density at radius 1 is 1.11 bits per heavy atom. The van der Waals surface area contributed by atoms with Gasteiger partial charge in [-0.05, 0) is 79.4 Å². The molecule has 3 rings (SSSR count). The topological polar surface area (TPSA) is 147 Å². The second-order valence-corrected chi connectivity index (χ2v) is 8.05. The van der Waals surface area contributed by atoms with E-state index in [4.69, 9.17) is 20.5 Å². The maximum atomic E-state index is 12.6. The quantitative estimate of drug-likeness (QED) is 0.163. The summed E-state index contributed by atoms with van der Waals surface area (Å²) < 4.78 is 10.8. The van der Waals surface area contributed by atoms with Gasteiger partial charge in [-0.3, -0.25) is 10.1 Å². The summed E-state index contributed by atoms with van der Waals surface area (Å²) >= 11 is 0. The summed E-state index contributed by atoms with van der Waals surface area (Å²) in [5.74, 6) is -0.0667. The van der Waals surface area contributed by atoms with Gasteiger partial charge < -0.3 is 25.6 Å². The average molecular weight is 501 g/mol. The molecule has 5 N–H and O–H groups in total. The SMILES string of the molecule is COc1ccc([C@@H](CCC/C=C/C(=O)Nc2ccccc2N)OC(=O)Nc2ccc(C#N)cc2)cc1O. The molecule has 9 nitrogen and oxygen atoms in total. The molecule has 9 heteroatoms. The first-order chi connectivity index (χ1) is 17.9.